The van der Waals surface area contributed by atoms with E-state index in [9.17, 15) is 18.4 Å². The maximum absolute atomic E-state index is 13.5. The molecule has 0 radical (unpaired) electrons. The second kappa shape index (κ2) is 9.11. The molecular formula is C15H20F2N4O2S. The summed E-state index contributed by atoms with van der Waals surface area (Å²) in [6, 6.07) is 2.09. The number of primary amides is 1. The van der Waals surface area contributed by atoms with Gasteiger partial charge in [0.05, 0.1) is 12.2 Å². The molecule has 24 heavy (non-hydrogen) atoms. The van der Waals surface area contributed by atoms with E-state index in [1.165, 1.54) is 0 Å². The summed E-state index contributed by atoms with van der Waals surface area (Å²) in [6.07, 6.45) is 0.415. The summed E-state index contributed by atoms with van der Waals surface area (Å²) in [7, 11) is 0. The van der Waals surface area contributed by atoms with E-state index in [0.717, 1.165) is 18.2 Å². The summed E-state index contributed by atoms with van der Waals surface area (Å²) in [4.78, 5) is 23.1. The minimum atomic E-state index is -0.776. The van der Waals surface area contributed by atoms with Crippen LogP contribution in [0.5, 0.6) is 0 Å². The maximum atomic E-state index is 13.5. The Balaban J connectivity index is 2.49. The van der Waals surface area contributed by atoms with E-state index in [1.54, 1.807) is 0 Å². The maximum Gasteiger partial charge on any atom is 0.240 e. The van der Waals surface area contributed by atoms with Crippen LogP contribution in [0.15, 0.2) is 18.2 Å². The van der Waals surface area contributed by atoms with Crippen molar-refractivity contribution in [3.8, 4) is 0 Å². The lowest BCUT2D eigenvalue weighted by Crippen LogP contribution is -2.48. The molecule has 0 spiro atoms. The lowest BCUT2D eigenvalue weighted by atomic mass is 10.0. The van der Waals surface area contributed by atoms with Crippen LogP contribution in [0, 0.1) is 17.6 Å². The smallest absolute Gasteiger partial charge is 0.240 e. The highest BCUT2D eigenvalue weighted by atomic mass is 32.1. The number of carbonyl (C=O) groups is 2. The number of nitrogens with one attached hydrogen (secondary N) is 3. The van der Waals surface area contributed by atoms with Crippen LogP contribution >= 0.6 is 12.2 Å². The van der Waals surface area contributed by atoms with E-state index in [0.29, 0.717) is 6.42 Å². The molecule has 1 aromatic carbocycles. The molecule has 0 saturated carbocycles. The molecule has 0 fully saturated rings. The molecule has 5 N–H and O–H groups in total. The van der Waals surface area contributed by atoms with E-state index in [1.807, 2.05) is 13.8 Å². The monoisotopic (exact) mass is 358 g/mol. The van der Waals surface area contributed by atoms with Gasteiger partial charge in [0.15, 0.2) is 5.11 Å². The Kier molecular flexibility index (Phi) is 7.50. The highest BCUT2D eigenvalue weighted by molar-refractivity contribution is 7.80. The van der Waals surface area contributed by atoms with Gasteiger partial charge in [-0.2, -0.15) is 0 Å². The first kappa shape index (κ1) is 19.8. The van der Waals surface area contributed by atoms with Gasteiger partial charge in [0, 0.05) is 6.07 Å². The Hall–Kier alpha value is -2.29. The number of halogens is 2. The van der Waals surface area contributed by atoms with Crippen molar-refractivity contribution in [1.29, 1.82) is 0 Å². The summed E-state index contributed by atoms with van der Waals surface area (Å²) < 4.78 is 26.5. The summed E-state index contributed by atoms with van der Waals surface area (Å²) in [6.45, 7) is 3.55. The van der Waals surface area contributed by atoms with Crippen LogP contribution in [0.2, 0.25) is 0 Å². The molecule has 0 heterocycles. The van der Waals surface area contributed by atoms with E-state index in [-0.39, 0.29) is 23.3 Å². The zero-order valence-corrected chi connectivity index (χ0v) is 14.2. The lowest BCUT2D eigenvalue weighted by molar-refractivity contribution is -0.127. The summed E-state index contributed by atoms with van der Waals surface area (Å²) in [5.74, 6) is -2.26. The minimum absolute atomic E-state index is 0.0610. The van der Waals surface area contributed by atoms with Crippen molar-refractivity contribution < 1.29 is 18.4 Å². The van der Waals surface area contributed by atoms with Gasteiger partial charge in [-0.05, 0) is 36.7 Å². The Labute approximate surface area is 144 Å². The molecule has 0 saturated heterocycles. The van der Waals surface area contributed by atoms with Crippen molar-refractivity contribution in [1.82, 2.24) is 10.6 Å². The topological polar surface area (TPSA) is 96.2 Å². The number of nitrogens with two attached hydrogens (primary N) is 1. The second-order valence-corrected chi connectivity index (χ2v) is 5.99. The van der Waals surface area contributed by atoms with Crippen molar-refractivity contribution in [3.05, 3.63) is 29.8 Å². The molecule has 9 heteroatoms. The fraction of sp³-hybridized carbons (Fsp3) is 0.400. The number of benzene rings is 1. The Morgan fingerprint density at radius 1 is 1.29 bits per heavy atom. The van der Waals surface area contributed by atoms with E-state index < -0.39 is 29.5 Å². The minimum Gasteiger partial charge on any atom is -0.368 e. The first-order valence-corrected chi connectivity index (χ1v) is 7.68. The molecule has 0 aliphatic carbocycles. The number of hydrogen-bond donors (Lipinski definition) is 4. The van der Waals surface area contributed by atoms with Crippen LogP contribution in [0.1, 0.15) is 20.3 Å². The summed E-state index contributed by atoms with van der Waals surface area (Å²) in [5.41, 5.74) is 5.08. The van der Waals surface area contributed by atoms with Crippen LogP contribution in [-0.2, 0) is 9.59 Å². The van der Waals surface area contributed by atoms with Gasteiger partial charge in [-0.15, -0.1) is 0 Å². The Morgan fingerprint density at radius 3 is 2.54 bits per heavy atom. The molecule has 0 aliphatic rings. The van der Waals surface area contributed by atoms with Gasteiger partial charge in [-0.1, -0.05) is 13.8 Å². The molecule has 1 unspecified atom stereocenters. The third-order valence-electron chi connectivity index (χ3n) is 2.97. The van der Waals surface area contributed by atoms with Crippen molar-refractivity contribution in [2.75, 3.05) is 11.9 Å². The largest absolute Gasteiger partial charge is 0.368 e. The SMILES string of the molecule is CC(C)CC(NC(=O)CNC(=S)Nc1cc(F)ccc1F)C(N)=O. The molecule has 0 aliphatic heterocycles. The number of rotatable bonds is 7. The van der Waals surface area contributed by atoms with Crippen molar-refractivity contribution in [3.63, 3.8) is 0 Å². The predicted octanol–water partition coefficient (Wildman–Crippen LogP) is 1.27. The molecule has 0 bridgehead atoms. The number of amides is 2. The average molecular weight is 358 g/mol. The van der Waals surface area contributed by atoms with Crippen LogP contribution in [-0.4, -0.2) is 29.5 Å². The zero-order chi connectivity index (χ0) is 18.3. The van der Waals surface area contributed by atoms with Gasteiger partial charge in [0.25, 0.3) is 0 Å². The Bertz CT molecular complexity index is 625. The molecule has 1 atom stereocenters. The van der Waals surface area contributed by atoms with Crippen molar-refractivity contribution in [2.45, 2.75) is 26.3 Å². The van der Waals surface area contributed by atoms with Crippen LogP contribution < -0.4 is 21.7 Å². The number of carbonyl (C=O) groups excluding carboxylic acids is 2. The highest BCUT2D eigenvalue weighted by Gasteiger charge is 2.19. The van der Waals surface area contributed by atoms with Crippen molar-refractivity contribution in [2.24, 2.45) is 11.7 Å². The first-order chi connectivity index (χ1) is 11.2. The standard InChI is InChI=1S/C15H20F2N4O2S/c1-8(2)5-12(14(18)23)20-13(22)7-19-15(24)21-11-6-9(16)3-4-10(11)17/h3-4,6,8,12H,5,7H2,1-2H3,(H2,18,23)(H,20,22)(H2,19,21,24). The summed E-state index contributed by atoms with van der Waals surface area (Å²) >= 11 is 4.91. The first-order valence-electron chi connectivity index (χ1n) is 7.27. The average Bonchev–Trinajstić information content (AvgIpc) is 2.47. The zero-order valence-electron chi connectivity index (χ0n) is 13.4. The highest BCUT2D eigenvalue weighted by Crippen LogP contribution is 2.14. The number of anilines is 1. The van der Waals surface area contributed by atoms with Crippen molar-refractivity contribution >= 4 is 34.8 Å². The molecular weight excluding hydrogens is 338 g/mol. The molecule has 6 nitrogen and oxygen atoms in total. The quantitative estimate of drug-likeness (QED) is 0.551. The fourth-order valence-electron chi connectivity index (χ4n) is 1.88. The third kappa shape index (κ3) is 6.86. The van der Waals surface area contributed by atoms with Crippen LogP contribution in [0.25, 0.3) is 0 Å². The molecule has 1 aromatic rings. The molecule has 132 valence electrons. The van der Waals surface area contributed by atoms with Gasteiger partial charge in [0.2, 0.25) is 11.8 Å². The van der Waals surface area contributed by atoms with Gasteiger partial charge in [0.1, 0.15) is 17.7 Å². The Morgan fingerprint density at radius 2 is 1.96 bits per heavy atom. The van der Waals surface area contributed by atoms with Crippen LogP contribution in [0.3, 0.4) is 0 Å². The summed E-state index contributed by atoms with van der Waals surface area (Å²) in [5, 5.41) is 7.42. The van der Waals surface area contributed by atoms with Gasteiger partial charge in [-0.25, -0.2) is 8.78 Å². The lowest BCUT2D eigenvalue weighted by Gasteiger charge is -2.18. The van der Waals surface area contributed by atoms with E-state index in [2.05, 4.69) is 16.0 Å². The van der Waals surface area contributed by atoms with Gasteiger partial charge >= 0.3 is 0 Å². The fourth-order valence-corrected chi connectivity index (χ4v) is 2.07. The third-order valence-corrected chi connectivity index (χ3v) is 3.22. The molecule has 1 rings (SSSR count). The molecule has 0 aromatic heterocycles. The predicted molar refractivity (Wildman–Crippen MR) is 91.2 cm³/mol. The van der Waals surface area contributed by atoms with E-state index >= 15 is 0 Å². The second-order valence-electron chi connectivity index (χ2n) is 5.58. The van der Waals surface area contributed by atoms with Crippen LogP contribution in [0.4, 0.5) is 14.5 Å². The van der Waals surface area contributed by atoms with Gasteiger partial charge < -0.3 is 21.7 Å². The number of hydrogen-bond acceptors (Lipinski definition) is 3. The van der Waals surface area contributed by atoms with Gasteiger partial charge in [-0.3, -0.25) is 9.59 Å². The molecule has 2 amide bonds. The normalized spacial score (nSPS) is 11.7. The number of thiocarbonyl (C=S) groups is 1. The van der Waals surface area contributed by atoms with E-state index in [4.69, 9.17) is 18.0 Å².